The molecule has 0 aliphatic heterocycles. The Morgan fingerprint density at radius 2 is 1.67 bits per heavy atom. The molecule has 4 heteroatoms. The molecular formula is C11H13NO2S. The highest BCUT2D eigenvalue weighted by molar-refractivity contribution is 7.91. The second-order valence-electron chi connectivity index (χ2n) is 3.62. The Hall–Kier alpha value is -1.34. The van der Waals surface area contributed by atoms with Gasteiger partial charge in [0.25, 0.3) is 0 Å². The van der Waals surface area contributed by atoms with Crippen molar-refractivity contribution in [3.63, 3.8) is 0 Å². The second kappa shape index (κ2) is 4.03. The van der Waals surface area contributed by atoms with Gasteiger partial charge in [-0.2, -0.15) is 5.26 Å². The monoisotopic (exact) mass is 223 g/mol. The molecule has 0 bridgehead atoms. The van der Waals surface area contributed by atoms with E-state index in [1.54, 1.807) is 19.1 Å². The lowest BCUT2D eigenvalue weighted by Crippen LogP contribution is -2.07. The first-order valence-electron chi connectivity index (χ1n) is 4.56. The number of hydrogen-bond donors (Lipinski definition) is 0. The summed E-state index contributed by atoms with van der Waals surface area (Å²) in [5.41, 5.74) is 2.69. The average molecular weight is 223 g/mol. The summed E-state index contributed by atoms with van der Waals surface area (Å²) >= 11 is 0. The van der Waals surface area contributed by atoms with Gasteiger partial charge < -0.3 is 0 Å². The minimum atomic E-state index is -3.44. The van der Waals surface area contributed by atoms with Crippen molar-refractivity contribution in [3.8, 4) is 6.07 Å². The van der Waals surface area contributed by atoms with Crippen LogP contribution in [-0.4, -0.2) is 14.2 Å². The third-order valence-corrected chi connectivity index (χ3v) is 4.00. The minimum Gasteiger partial charge on any atom is -0.223 e. The van der Waals surface area contributed by atoms with E-state index in [0.29, 0.717) is 5.56 Å². The van der Waals surface area contributed by atoms with Crippen LogP contribution in [0.5, 0.6) is 0 Å². The highest BCUT2D eigenvalue weighted by Crippen LogP contribution is 2.20. The maximum Gasteiger partial charge on any atom is 0.191 e. The lowest BCUT2D eigenvalue weighted by molar-refractivity contribution is 0.598. The highest BCUT2D eigenvalue weighted by atomic mass is 32.2. The zero-order valence-electron chi connectivity index (χ0n) is 9.03. The lowest BCUT2D eigenvalue weighted by atomic mass is 10.1. The van der Waals surface area contributed by atoms with Crippen molar-refractivity contribution in [2.75, 3.05) is 5.75 Å². The molecule has 1 rings (SSSR count). The molecule has 0 amide bonds. The summed E-state index contributed by atoms with van der Waals surface area (Å²) < 4.78 is 23.4. The van der Waals surface area contributed by atoms with Crippen molar-refractivity contribution >= 4 is 9.84 Å². The van der Waals surface area contributed by atoms with Crippen LogP contribution in [0.4, 0.5) is 0 Å². The van der Waals surface area contributed by atoms with E-state index in [4.69, 9.17) is 5.26 Å². The molecule has 0 radical (unpaired) electrons. The Kier molecular flexibility index (Phi) is 3.15. The molecule has 15 heavy (non-hydrogen) atoms. The van der Waals surface area contributed by atoms with Crippen molar-refractivity contribution in [1.29, 1.82) is 5.26 Å². The molecular weight excluding hydrogens is 210 g/mol. The molecule has 1 aromatic carbocycles. The fourth-order valence-corrected chi connectivity index (χ4v) is 2.66. The Balaban J connectivity index is 3.41. The van der Waals surface area contributed by atoms with Crippen LogP contribution < -0.4 is 0 Å². The van der Waals surface area contributed by atoms with Crippen molar-refractivity contribution in [2.24, 2.45) is 0 Å². The number of aryl methyl sites for hydroxylation is 3. The zero-order valence-corrected chi connectivity index (χ0v) is 9.85. The summed E-state index contributed by atoms with van der Waals surface area (Å²) in [5, 5.41) is 8.45. The van der Waals surface area contributed by atoms with Gasteiger partial charge in [0.05, 0.1) is 11.0 Å². The maximum atomic E-state index is 11.7. The van der Waals surface area contributed by atoms with Crippen LogP contribution in [0.2, 0.25) is 0 Å². The Morgan fingerprint density at radius 1 is 1.13 bits per heavy atom. The third-order valence-electron chi connectivity index (χ3n) is 2.38. The first kappa shape index (κ1) is 11.7. The average Bonchev–Trinajstić information content (AvgIpc) is 2.11. The molecule has 0 fully saturated rings. The van der Waals surface area contributed by atoms with Gasteiger partial charge in [-0.25, -0.2) is 8.42 Å². The topological polar surface area (TPSA) is 57.9 Å². The molecule has 80 valence electrons. The minimum absolute atomic E-state index is 0.271. The largest absolute Gasteiger partial charge is 0.223 e. The van der Waals surface area contributed by atoms with Crippen molar-refractivity contribution in [2.45, 2.75) is 25.7 Å². The summed E-state index contributed by atoms with van der Waals surface area (Å²) in [7, 11) is -3.44. The Bertz CT molecular complexity index is 524. The maximum absolute atomic E-state index is 11.7. The SMILES string of the molecule is Cc1cc(C)c(S(=O)(=O)CC#N)cc1C. The molecule has 0 saturated heterocycles. The van der Waals surface area contributed by atoms with Gasteiger partial charge in [0, 0.05) is 0 Å². The molecule has 0 unspecified atom stereocenters. The van der Waals surface area contributed by atoms with E-state index in [0.717, 1.165) is 11.1 Å². The molecule has 0 atom stereocenters. The first-order valence-corrected chi connectivity index (χ1v) is 6.21. The predicted octanol–water partition coefficient (Wildman–Crippen LogP) is 1.91. The second-order valence-corrected chi connectivity index (χ2v) is 5.58. The van der Waals surface area contributed by atoms with E-state index in [9.17, 15) is 8.42 Å². The van der Waals surface area contributed by atoms with E-state index >= 15 is 0 Å². The van der Waals surface area contributed by atoms with Gasteiger partial charge in [0.15, 0.2) is 9.84 Å². The molecule has 1 aromatic rings. The van der Waals surface area contributed by atoms with Crippen LogP contribution in [0.1, 0.15) is 16.7 Å². The van der Waals surface area contributed by atoms with Gasteiger partial charge in [0.1, 0.15) is 5.75 Å². The Labute approximate surface area is 90.3 Å². The van der Waals surface area contributed by atoms with Gasteiger partial charge in [0.2, 0.25) is 0 Å². The quantitative estimate of drug-likeness (QED) is 0.769. The van der Waals surface area contributed by atoms with Gasteiger partial charge in [-0.3, -0.25) is 0 Å². The van der Waals surface area contributed by atoms with Crippen LogP contribution in [0.15, 0.2) is 17.0 Å². The molecule has 0 aliphatic rings. The highest BCUT2D eigenvalue weighted by Gasteiger charge is 2.17. The number of benzene rings is 1. The van der Waals surface area contributed by atoms with Crippen LogP contribution in [0.25, 0.3) is 0 Å². The van der Waals surface area contributed by atoms with Crippen LogP contribution in [0, 0.1) is 32.1 Å². The lowest BCUT2D eigenvalue weighted by Gasteiger charge is -2.08. The Morgan fingerprint density at radius 3 is 2.20 bits per heavy atom. The van der Waals surface area contributed by atoms with Crippen LogP contribution in [-0.2, 0) is 9.84 Å². The summed E-state index contributed by atoms with van der Waals surface area (Å²) in [6.45, 7) is 5.54. The molecule has 0 aromatic heterocycles. The summed E-state index contributed by atoms with van der Waals surface area (Å²) in [6.07, 6.45) is 0. The van der Waals surface area contributed by atoms with E-state index < -0.39 is 15.6 Å². The van der Waals surface area contributed by atoms with E-state index in [2.05, 4.69) is 0 Å². The fraction of sp³-hybridized carbons (Fsp3) is 0.364. The third kappa shape index (κ3) is 2.37. The summed E-state index contributed by atoms with van der Waals surface area (Å²) in [6, 6.07) is 5.15. The standard InChI is InChI=1S/C11H13NO2S/c1-8-6-10(3)11(7-9(8)2)15(13,14)5-4-12/h6-7H,5H2,1-3H3. The predicted molar refractivity (Wildman–Crippen MR) is 58.3 cm³/mol. The first-order chi connectivity index (χ1) is 6.88. The fourth-order valence-electron chi connectivity index (χ4n) is 1.43. The van der Waals surface area contributed by atoms with Gasteiger partial charge in [-0.1, -0.05) is 6.07 Å². The van der Waals surface area contributed by atoms with E-state index in [1.165, 1.54) is 0 Å². The van der Waals surface area contributed by atoms with E-state index in [1.807, 2.05) is 19.9 Å². The number of hydrogen-bond acceptors (Lipinski definition) is 3. The molecule has 3 nitrogen and oxygen atoms in total. The molecule has 0 spiro atoms. The van der Waals surface area contributed by atoms with Gasteiger partial charge >= 0.3 is 0 Å². The number of nitrogens with zero attached hydrogens (tertiary/aromatic N) is 1. The van der Waals surface area contributed by atoms with Gasteiger partial charge in [-0.05, 0) is 43.5 Å². The molecule has 0 aliphatic carbocycles. The van der Waals surface area contributed by atoms with Crippen molar-refractivity contribution in [1.82, 2.24) is 0 Å². The number of sulfone groups is 1. The molecule has 0 saturated carbocycles. The van der Waals surface area contributed by atoms with Crippen LogP contribution in [0.3, 0.4) is 0 Å². The molecule has 0 heterocycles. The smallest absolute Gasteiger partial charge is 0.191 e. The van der Waals surface area contributed by atoms with E-state index in [-0.39, 0.29) is 4.90 Å². The van der Waals surface area contributed by atoms with Crippen molar-refractivity contribution in [3.05, 3.63) is 28.8 Å². The van der Waals surface area contributed by atoms with Crippen molar-refractivity contribution < 1.29 is 8.42 Å². The number of nitriles is 1. The summed E-state index contributed by atoms with van der Waals surface area (Å²) in [5.74, 6) is -0.462. The summed E-state index contributed by atoms with van der Waals surface area (Å²) in [4.78, 5) is 0.271. The van der Waals surface area contributed by atoms with Crippen LogP contribution >= 0.6 is 0 Å². The number of rotatable bonds is 2. The molecule has 0 N–H and O–H groups in total. The van der Waals surface area contributed by atoms with Gasteiger partial charge in [-0.15, -0.1) is 0 Å². The normalized spacial score (nSPS) is 11.1. The zero-order chi connectivity index (χ0) is 11.6.